The van der Waals surface area contributed by atoms with Crippen molar-refractivity contribution in [2.45, 2.75) is 25.2 Å². The number of amides is 1. The minimum atomic E-state index is -3.62. The highest BCUT2D eigenvalue weighted by Crippen LogP contribution is 2.37. The Morgan fingerprint density at radius 2 is 1.90 bits per heavy atom. The predicted molar refractivity (Wildman–Crippen MR) is 116 cm³/mol. The van der Waals surface area contributed by atoms with E-state index >= 15 is 0 Å². The van der Waals surface area contributed by atoms with Crippen molar-refractivity contribution in [1.29, 1.82) is 0 Å². The summed E-state index contributed by atoms with van der Waals surface area (Å²) < 4.78 is 37.7. The molecule has 0 saturated carbocycles. The smallest absolute Gasteiger partial charge is 0.255 e. The normalized spacial score (nSPS) is 11.4. The van der Waals surface area contributed by atoms with Gasteiger partial charge in [0.05, 0.1) is 23.1 Å². The summed E-state index contributed by atoms with van der Waals surface area (Å²) in [4.78, 5) is 12.9. The molecule has 0 heterocycles. The van der Waals surface area contributed by atoms with Gasteiger partial charge in [-0.3, -0.25) is 4.79 Å². The van der Waals surface area contributed by atoms with E-state index in [2.05, 4.69) is 21.2 Å². The van der Waals surface area contributed by atoms with Crippen LogP contribution in [0.1, 0.15) is 29.3 Å². The van der Waals surface area contributed by atoms with Crippen LogP contribution >= 0.6 is 15.9 Å². The van der Waals surface area contributed by atoms with Gasteiger partial charge in [0.15, 0.2) is 11.5 Å². The molecule has 0 aliphatic rings. The molecular formula is C20H25BrN2O5S. The number of halogens is 1. The van der Waals surface area contributed by atoms with Crippen molar-refractivity contribution in [2.24, 2.45) is 0 Å². The fourth-order valence-corrected chi connectivity index (χ4v) is 4.25. The Morgan fingerprint density at radius 1 is 1.21 bits per heavy atom. The molecule has 158 valence electrons. The van der Waals surface area contributed by atoms with Crippen LogP contribution in [0, 0.1) is 6.92 Å². The summed E-state index contributed by atoms with van der Waals surface area (Å²) in [6.45, 7) is 4.22. The Morgan fingerprint density at radius 3 is 2.48 bits per heavy atom. The number of aryl methyl sites for hydroxylation is 1. The molecule has 0 spiro atoms. The molecular weight excluding hydrogens is 460 g/mol. The standard InChI is InChI=1S/C20H25BrN2O5S/c1-6-9-28-19-16(21)10-14(11-17(19)27-5)20(24)22-15-8-7-13(2)18(12-15)29(25,26)23(3)4/h7-8,10-12H,6,9H2,1-5H3,(H,22,24). The summed E-state index contributed by atoms with van der Waals surface area (Å²) in [6.07, 6.45) is 0.837. The molecule has 0 saturated heterocycles. The predicted octanol–water partition coefficient (Wildman–Crippen LogP) is 4.06. The summed E-state index contributed by atoms with van der Waals surface area (Å²) in [5, 5.41) is 2.74. The van der Waals surface area contributed by atoms with Crippen molar-refractivity contribution in [2.75, 3.05) is 33.1 Å². The molecule has 0 bridgehead atoms. The number of hydrogen-bond acceptors (Lipinski definition) is 5. The maximum Gasteiger partial charge on any atom is 0.255 e. The van der Waals surface area contributed by atoms with Crippen molar-refractivity contribution in [3.05, 3.63) is 45.9 Å². The molecule has 0 aliphatic carbocycles. The van der Waals surface area contributed by atoms with Gasteiger partial charge in [-0.05, 0) is 59.1 Å². The van der Waals surface area contributed by atoms with Gasteiger partial charge in [0.2, 0.25) is 10.0 Å². The van der Waals surface area contributed by atoms with Gasteiger partial charge in [-0.2, -0.15) is 0 Å². The molecule has 9 heteroatoms. The van der Waals surface area contributed by atoms with Gasteiger partial charge in [0.25, 0.3) is 5.91 Å². The van der Waals surface area contributed by atoms with Crippen molar-refractivity contribution in [1.82, 2.24) is 4.31 Å². The number of carbonyl (C=O) groups is 1. The van der Waals surface area contributed by atoms with E-state index in [9.17, 15) is 13.2 Å². The van der Waals surface area contributed by atoms with Crippen LogP contribution in [0.3, 0.4) is 0 Å². The maximum absolute atomic E-state index is 12.8. The Bertz CT molecular complexity index is 1010. The van der Waals surface area contributed by atoms with Crippen LogP contribution in [0.15, 0.2) is 39.7 Å². The Hall–Kier alpha value is -2.10. The highest BCUT2D eigenvalue weighted by Gasteiger charge is 2.21. The molecule has 2 rings (SSSR count). The Labute approximate surface area is 180 Å². The van der Waals surface area contributed by atoms with Crippen molar-refractivity contribution >= 4 is 37.5 Å². The minimum absolute atomic E-state index is 0.141. The van der Waals surface area contributed by atoms with Crippen LogP contribution in [0.4, 0.5) is 5.69 Å². The van der Waals surface area contributed by atoms with E-state index in [1.54, 1.807) is 31.2 Å². The van der Waals surface area contributed by atoms with E-state index < -0.39 is 15.9 Å². The number of carbonyl (C=O) groups excluding carboxylic acids is 1. The molecule has 1 N–H and O–H groups in total. The molecule has 29 heavy (non-hydrogen) atoms. The van der Waals surface area contributed by atoms with Crippen LogP contribution in [-0.4, -0.2) is 46.4 Å². The molecule has 2 aromatic carbocycles. The first-order valence-corrected chi connectivity index (χ1v) is 11.2. The van der Waals surface area contributed by atoms with Crippen LogP contribution in [0.25, 0.3) is 0 Å². The summed E-state index contributed by atoms with van der Waals surface area (Å²) in [7, 11) is 0.805. The lowest BCUT2D eigenvalue weighted by Gasteiger charge is -2.16. The van der Waals surface area contributed by atoms with Crippen molar-refractivity contribution in [3.8, 4) is 11.5 Å². The van der Waals surface area contributed by atoms with Gasteiger partial charge in [0.1, 0.15) is 0 Å². The molecule has 0 fully saturated rings. The fourth-order valence-electron chi connectivity index (χ4n) is 2.55. The van der Waals surface area contributed by atoms with Gasteiger partial charge >= 0.3 is 0 Å². The third-order valence-corrected chi connectivity index (χ3v) is 6.69. The second-order valence-corrected chi connectivity index (χ2v) is 9.53. The minimum Gasteiger partial charge on any atom is -0.493 e. The quantitative estimate of drug-likeness (QED) is 0.610. The second kappa shape index (κ2) is 9.60. The van der Waals surface area contributed by atoms with E-state index in [1.807, 2.05) is 6.92 Å². The first kappa shape index (κ1) is 23.2. The van der Waals surface area contributed by atoms with Gasteiger partial charge in [-0.15, -0.1) is 0 Å². The van der Waals surface area contributed by atoms with Gasteiger partial charge in [-0.1, -0.05) is 13.0 Å². The summed E-state index contributed by atoms with van der Waals surface area (Å²) in [6, 6.07) is 7.98. The molecule has 1 amide bonds. The molecule has 0 aromatic heterocycles. The highest BCUT2D eigenvalue weighted by molar-refractivity contribution is 9.10. The van der Waals surface area contributed by atoms with Crippen LogP contribution < -0.4 is 14.8 Å². The zero-order chi connectivity index (χ0) is 21.8. The Kier molecular flexibility index (Phi) is 7.67. The summed E-state index contributed by atoms with van der Waals surface area (Å²) >= 11 is 3.42. The third-order valence-electron chi connectivity index (χ3n) is 4.15. The molecule has 0 unspecified atom stereocenters. The van der Waals surface area contributed by atoms with Crippen LogP contribution in [-0.2, 0) is 10.0 Å². The van der Waals surface area contributed by atoms with E-state index in [4.69, 9.17) is 9.47 Å². The Balaban J connectivity index is 2.35. The first-order chi connectivity index (χ1) is 13.6. The van der Waals surface area contributed by atoms with Gasteiger partial charge < -0.3 is 14.8 Å². The number of ether oxygens (including phenoxy) is 2. The molecule has 0 aliphatic heterocycles. The first-order valence-electron chi connectivity index (χ1n) is 8.96. The van der Waals surface area contributed by atoms with E-state index in [0.29, 0.717) is 39.4 Å². The highest BCUT2D eigenvalue weighted by atomic mass is 79.9. The van der Waals surface area contributed by atoms with Crippen molar-refractivity contribution in [3.63, 3.8) is 0 Å². The van der Waals surface area contributed by atoms with Crippen LogP contribution in [0.5, 0.6) is 11.5 Å². The maximum atomic E-state index is 12.8. The second-order valence-electron chi connectivity index (χ2n) is 6.56. The fraction of sp³-hybridized carbons (Fsp3) is 0.350. The third kappa shape index (κ3) is 5.29. The van der Waals surface area contributed by atoms with E-state index in [1.165, 1.54) is 27.3 Å². The number of nitrogens with zero attached hydrogens (tertiary/aromatic N) is 1. The molecule has 2 aromatic rings. The number of rotatable bonds is 8. The number of nitrogens with one attached hydrogen (secondary N) is 1. The molecule has 0 radical (unpaired) electrons. The lowest BCUT2D eigenvalue weighted by atomic mass is 10.1. The number of benzene rings is 2. The zero-order valence-corrected chi connectivity index (χ0v) is 19.5. The average molecular weight is 485 g/mol. The molecule has 7 nitrogen and oxygen atoms in total. The average Bonchev–Trinajstić information content (AvgIpc) is 2.67. The summed E-state index contributed by atoms with van der Waals surface area (Å²) in [5.74, 6) is 0.557. The number of hydrogen-bond donors (Lipinski definition) is 1. The molecule has 0 atom stereocenters. The van der Waals surface area contributed by atoms with Crippen LogP contribution in [0.2, 0.25) is 0 Å². The zero-order valence-electron chi connectivity index (χ0n) is 17.1. The largest absolute Gasteiger partial charge is 0.493 e. The number of anilines is 1. The van der Waals surface area contributed by atoms with Crippen molar-refractivity contribution < 1.29 is 22.7 Å². The SMILES string of the molecule is CCCOc1c(Br)cc(C(=O)Nc2ccc(C)c(S(=O)(=O)N(C)C)c2)cc1OC. The monoisotopic (exact) mass is 484 g/mol. The lowest BCUT2D eigenvalue weighted by molar-refractivity contribution is 0.102. The van der Waals surface area contributed by atoms with E-state index in [0.717, 1.165) is 10.7 Å². The van der Waals surface area contributed by atoms with Gasteiger partial charge in [0, 0.05) is 25.3 Å². The van der Waals surface area contributed by atoms with E-state index in [-0.39, 0.29) is 4.90 Å². The van der Waals surface area contributed by atoms with Gasteiger partial charge in [-0.25, -0.2) is 12.7 Å². The lowest BCUT2D eigenvalue weighted by Crippen LogP contribution is -2.23. The summed E-state index contributed by atoms with van der Waals surface area (Å²) in [5.41, 5.74) is 1.32. The number of methoxy groups -OCH3 is 1. The number of sulfonamides is 1. The topological polar surface area (TPSA) is 84.9 Å².